The van der Waals surface area contributed by atoms with Crippen LogP contribution < -0.4 is 10.1 Å². The molecule has 0 unspecified atom stereocenters. The molecule has 1 aliphatic rings. The minimum Gasteiger partial charge on any atom is -0.496 e. The number of hydrogen-bond acceptors (Lipinski definition) is 3. The molecule has 1 heterocycles. The Labute approximate surface area is 121 Å². The Balaban J connectivity index is 2.15. The van der Waals surface area contributed by atoms with Crippen molar-refractivity contribution in [3.63, 3.8) is 0 Å². The Bertz CT molecular complexity index is 491. The lowest BCUT2D eigenvalue weighted by molar-refractivity contribution is 0.0658. The molecule has 20 heavy (non-hydrogen) atoms. The fraction of sp³-hybridized carbons (Fsp3) is 0.562. The predicted octanol–water partition coefficient (Wildman–Crippen LogP) is 2.22. The molecule has 1 amide bonds. The molecular weight excluding hydrogens is 252 g/mol. The summed E-state index contributed by atoms with van der Waals surface area (Å²) in [5, 5.41) is 3.35. The maximum atomic E-state index is 12.7. The molecule has 0 aliphatic carbocycles. The van der Waals surface area contributed by atoms with Crippen LogP contribution in [0.2, 0.25) is 0 Å². The summed E-state index contributed by atoms with van der Waals surface area (Å²) in [6, 6.07) is 5.74. The van der Waals surface area contributed by atoms with Crippen molar-refractivity contribution >= 4 is 5.91 Å². The smallest absolute Gasteiger partial charge is 0.257 e. The van der Waals surface area contributed by atoms with Crippen molar-refractivity contribution in [1.82, 2.24) is 10.2 Å². The number of methoxy groups -OCH3 is 1. The van der Waals surface area contributed by atoms with Gasteiger partial charge in [-0.2, -0.15) is 0 Å². The molecule has 1 aromatic rings. The van der Waals surface area contributed by atoms with Crippen molar-refractivity contribution < 1.29 is 9.53 Å². The normalized spacial score (nSPS) is 17.9. The predicted molar refractivity (Wildman–Crippen MR) is 80.3 cm³/mol. The first kappa shape index (κ1) is 14.9. The van der Waals surface area contributed by atoms with E-state index in [-0.39, 0.29) is 11.4 Å². The molecule has 1 aliphatic heterocycles. The first-order chi connectivity index (χ1) is 9.49. The number of nitrogens with zero attached hydrogens (tertiary/aromatic N) is 1. The molecule has 0 atom stereocenters. The summed E-state index contributed by atoms with van der Waals surface area (Å²) >= 11 is 0. The molecule has 1 N–H and O–H groups in total. The fourth-order valence-electron chi connectivity index (χ4n) is 2.61. The summed E-state index contributed by atoms with van der Waals surface area (Å²) < 4.78 is 5.31. The number of benzene rings is 1. The van der Waals surface area contributed by atoms with Crippen LogP contribution in [0.1, 0.15) is 35.7 Å². The van der Waals surface area contributed by atoms with E-state index in [1.54, 1.807) is 7.11 Å². The van der Waals surface area contributed by atoms with Crippen LogP contribution in [-0.4, -0.2) is 43.6 Å². The number of likely N-dealkylation sites (tertiary alicyclic amines) is 1. The molecule has 0 aromatic heterocycles. The molecule has 1 fully saturated rings. The monoisotopic (exact) mass is 276 g/mol. The average molecular weight is 276 g/mol. The van der Waals surface area contributed by atoms with Gasteiger partial charge in [0.15, 0.2) is 0 Å². The number of amides is 1. The molecule has 1 aromatic carbocycles. The number of carbonyl (C=O) groups excluding carboxylic acids is 1. The van der Waals surface area contributed by atoms with Gasteiger partial charge in [-0.25, -0.2) is 0 Å². The second kappa shape index (κ2) is 5.83. The Kier molecular flexibility index (Phi) is 4.33. The maximum absolute atomic E-state index is 12.7. The van der Waals surface area contributed by atoms with E-state index in [1.165, 1.54) is 0 Å². The first-order valence-electron chi connectivity index (χ1n) is 7.12. The van der Waals surface area contributed by atoms with E-state index >= 15 is 0 Å². The summed E-state index contributed by atoms with van der Waals surface area (Å²) in [7, 11) is 3.59. The summed E-state index contributed by atoms with van der Waals surface area (Å²) in [5.74, 6) is 0.728. The van der Waals surface area contributed by atoms with Gasteiger partial charge in [0.2, 0.25) is 0 Å². The third kappa shape index (κ3) is 2.96. The number of piperidine rings is 1. The third-order valence-corrected chi connectivity index (χ3v) is 4.34. The molecule has 0 radical (unpaired) electrons. The number of aryl methyl sites for hydroxylation is 1. The van der Waals surface area contributed by atoms with Crippen molar-refractivity contribution in [3.8, 4) is 5.75 Å². The Morgan fingerprint density at radius 1 is 1.35 bits per heavy atom. The Morgan fingerprint density at radius 2 is 2.00 bits per heavy atom. The van der Waals surface area contributed by atoms with Crippen molar-refractivity contribution in [3.05, 3.63) is 29.3 Å². The van der Waals surface area contributed by atoms with E-state index in [0.29, 0.717) is 11.3 Å². The quantitative estimate of drug-likeness (QED) is 0.920. The van der Waals surface area contributed by atoms with Gasteiger partial charge in [-0.05, 0) is 45.9 Å². The van der Waals surface area contributed by atoms with E-state index in [2.05, 4.69) is 12.2 Å². The number of hydrogen-bond donors (Lipinski definition) is 1. The zero-order valence-electron chi connectivity index (χ0n) is 12.8. The number of rotatable bonds is 3. The highest BCUT2D eigenvalue weighted by Gasteiger charge is 2.31. The van der Waals surface area contributed by atoms with Crippen LogP contribution in [0.25, 0.3) is 0 Å². The minimum atomic E-state index is 0.0729. The molecule has 0 bridgehead atoms. The fourth-order valence-corrected chi connectivity index (χ4v) is 2.61. The molecule has 0 saturated carbocycles. The zero-order chi connectivity index (χ0) is 14.8. The van der Waals surface area contributed by atoms with Gasteiger partial charge in [-0.3, -0.25) is 4.79 Å². The van der Waals surface area contributed by atoms with Crippen LogP contribution >= 0.6 is 0 Å². The van der Waals surface area contributed by atoms with Crippen molar-refractivity contribution in [1.29, 1.82) is 0 Å². The van der Waals surface area contributed by atoms with Gasteiger partial charge in [0.1, 0.15) is 5.75 Å². The molecule has 110 valence electrons. The third-order valence-electron chi connectivity index (χ3n) is 4.34. The largest absolute Gasteiger partial charge is 0.496 e. The molecule has 1 saturated heterocycles. The highest BCUT2D eigenvalue weighted by molar-refractivity contribution is 5.97. The number of ether oxygens (including phenoxy) is 1. The van der Waals surface area contributed by atoms with Crippen molar-refractivity contribution in [2.45, 2.75) is 32.2 Å². The standard InChI is InChI=1S/C16H24N2O2/c1-12-5-6-14(20-4)13(11-12)15(19)18-9-7-16(2,17-3)8-10-18/h5-6,11,17H,7-10H2,1-4H3. The molecule has 2 rings (SSSR count). The molecule has 4 nitrogen and oxygen atoms in total. The lowest BCUT2D eigenvalue weighted by Gasteiger charge is -2.39. The Hall–Kier alpha value is -1.55. The van der Waals surface area contributed by atoms with E-state index in [0.717, 1.165) is 31.5 Å². The zero-order valence-corrected chi connectivity index (χ0v) is 12.8. The van der Waals surface area contributed by atoms with Gasteiger partial charge in [0, 0.05) is 18.6 Å². The van der Waals surface area contributed by atoms with Crippen LogP contribution in [-0.2, 0) is 0 Å². The number of nitrogens with one attached hydrogen (secondary N) is 1. The second-order valence-electron chi connectivity index (χ2n) is 5.81. The van der Waals surface area contributed by atoms with E-state index in [4.69, 9.17) is 4.74 Å². The lowest BCUT2D eigenvalue weighted by Crippen LogP contribution is -2.51. The summed E-state index contributed by atoms with van der Waals surface area (Å²) in [4.78, 5) is 14.6. The second-order valence-corrected chi connectivity index (χ2v) is 5.81. The Morgan fingerprint density at radius 3 is 2.55 bits per heavy atom. The van der Waals surface area contributed by atoms with Gasteiger partial charge >= 0.3 is 0 Å². The van der Waals surface area contributed by atoms with Gasteiger partial charge in [0.05, 0.1) is 12.7 Å². The van der Waals surface area contributed by atoms with Gasteiger partial charge < -0.3 is 15.0 Å². The van der Waals surface area contributed by atoms with E-state index in [9.17, 15) is 4.79 Å². The number of carbonyl (C=O) groups is 1. The highest BCUT2D eigenvalue weighted by Crippen LogP contribution is 2.26. The lowest BCUT2D eigenvalue weighted by atomic mass is 9.89. The molecule has 4 heteroatoms. The summed E-state index contributed by atoms with van der Waals surface area (Å²) in [6.07, 6.45) is 1.95. The van der Waals surface area contributed by atoms with Crippen LogP contribution in [0.15, 0.2) is 18.2 Å². The topological polar surface area (TPSA) is 41.6 Å². The van der Waals surface area contributed by atoms with E-state index < -0.39 is 0 Å². The van der Waals surface area contributed by atoms with Crippen molar-refractivity contribution in [2.24, 2.45) is 0 Å². The van der Waals surface area contributed by atoms with Crippen molar-refractivity contribution in [2.75, 3.05) is 27.2 Å². The molecular formula is C16H24N2O2. The maximum Gasteiger partial charge on any atom is 0.257 e. The average Bonchev–Trinajstić information content (AvgIpc) is 2.47. The minimum absolute atomic E-state index is 0.0729. The van der Waals surface area contributed by atoms with Crippen LogP contribution in [0.5, 0.6) is 5.75 Å². The highest BCUT2D eigenvalue weighted by atomic mass is 16.5. The first-order valence-corrected chi connectivity index (χ1v) is 7.12. The van der Waals surface area contributed by atoms with Gasteiger partial charge in [0.25, 0.3) is 5.91 Å². The van der Waals surface area contributed by atoms with Crippen LogP contribution in [0, 0.1) is 6.92 Å². The van der Waals surface area contributed by atoms with Gasteiger partial charge in [-0.1, -0.05) is 11.6 Å². The summed E-state index contributed by atoms with van der Waals surface area (Å²) in [6.45, 7) is 5.77. The summed E-state index contributed by atoms with van der Waals surface area (Å²) in [5.41, 5.74) is 1.89. The van der Waals surface area contributed by atoms with Crippen LogP contribution in [0.4, 0.5) is 0 Å². The molecule has 0 spiro atoms. The SMILES string of the molecule is CNC1(C)CCN(C(=O)c2cc(C)ccc2OC)CC1. The van der Waals surface area contributed by atoms with E-state index in [1.807, 2.05) is 37.1 Å². The van der Waals surface area contributed by atoms with Crippen LogP contribution in [0.3, 0.4) is 0 Å². The van der Waals surface area contributed by atoms with Gasteiger partial charge in [-0.15, -0.1) is 0 Å².